The van der Waals surface area contributed by atoms with Crippen molar-refractivity contribution in [3.63, 3.8) is 0 Å². The van der Waals surface area contributed by atoms with Gasteiger partial charge in [-0.05, 0) is 12.5 Å². The van der Waals surface area contributed by atoms with Crippen molar-refractivity contribution in [2.24, 2.45) is 4.99 Å². The van der Waals surface area contributed by atoms with E-state index in [-0.39, 0.29) is 0 Å². The molecule has 0 aromatic heterocycles. The Bertz CT molecular complexity index is 167. The third-order valence-electron chi connectivity index (χ3n) is 1.19. The van der Waals surface area contributed by atoms with Crippen LogP contribution < -0.4 is 16.2 Å². The molecule has 0 spiro atoms. The van der Waals surface area contributed by atoms with Crippen LogP contribution in [0.5, 0.6) is 0 Å². The molecule has 0 saturated heterocycles. The number of guanidine groups is 1. The Labute approximate surface area is 60.4 Å². The van der Waals surface area contributed by atoms with E-state index in [1.807, 2.05) is 13.1 Å². The summed E-state index contributed by atoms with van der Waals surface area (Å²) in [6.07, 6.45) is 1.84. The minimum Gasteiger partial charge on any atom is -0.351 e. The molecule has 0 aromatic carbocycles. The van der Waals surface area contributed by atoms with E-state index >= 15 is 0 Å². The topological polar surface area (TPSA) is 48.5 Å². The summed E-state index contributed by atoms with van der Waals surface area (Å²) in [6, 6.07) is 0. The standard InChI is InChI=1S/C6H12N4/c1-5-3-8-6(9-4-5)10-7-2/h3,7H,4H2,1-2H3,(H2,8,9,10). The molecular formula is C6H12N4. The molecule has 3 N–H and O–H groups in total. The van der Waals surface area contributed by atoms with Gasteiger partial charge < -0.3 is 5.32 Å². The van der Waals surface area contributed by atoms with Gasteiger partial charge in [0, 0.05) is 19.8 Å². The zero-order chi connectivity index (χ0) is 7.40. The van der Waals surface area contributed by atoms with Crippen LogP contribution in [0, 0.1) is 0 Å². The van der Waals surface area contributed by atoms with Crippen molar-refractivity contribution in [1.29, 1.82) is 0 Å². The molecule has 0 amide bonds. The Balaban J connectivity index is 2.47. The SMILES string of the molecule is CNNC1=NC=C(C)CN1. The summed E-state index contributed by atoms with van der Waals surface area (Å²) in [6.45, 7) is 2.90. The molecule has 0 radical (unpaired) electrons. The molecule has 10 heavy (non-hydrogen) atoms. The Morgan fingerprint density at radius 2 is 2.50 bits per heavy atom. The maximum absolute atomic E-state index is 4.07. The molecule has 0 fully saturated rings. The van der Waals surface area contributed by atoms with E-state index in [1.165, 1.54) is 5.57 Å². The van der Waals surface area contributed by atoms with Crippen molar-refractivity contribution in [3.8, 4) is 0 Å². The van der Waals surface area contributed by atoms with Crippen LogP contribution in [-0.4, -0.2) is 19.6 Å². The first kappa shape index (κ1) is 7.08. The van der Waals surface area contributed by atoms with Crippen LogP contribution in [0.3, 0.4) is 0 Å². The fourth-order valence-corrected chi connectivity index (χ4v) is 0.684. The lowest BCUT2D eigenvalue weighted by Crippen LogP contribution is -2.45. The largest absolute Gasteiger partial charge is 0.351 e. The molecular weight excluding hydrogens is 128 g/mol. The van der Waals surface area contributed by atoms with Gasteiger partial charge in [-0.2, -0.15) is 0 Å². The normalized spacial score (nSPS) is 17.0. The molecule has 0 saturated carbocycles. The van der Waals surface area contributed by atoms with Crippen LogP contribution in [-0.2, 0) is 0 Å². The van der Waals surface area contributed by atoms with Gasteiger partial charge in [0.1, 0.15) is 0 Å². The van der Waals surface area contributed by atoms with Gasteiger partial charge >= 0.3 is 0 Å². The lowest BCUT2D eigenvalue weighted by molar-refractivity contribution is 0.727. The van der Waals surface area contributed by atoms with Gasteiger partial charge in [0.25, 0.3) is 0 Å². The maximum Gasteiger partial charge on any atom is 0.210 e. The van der Waals surface area contributed by atoms with Crippen molar-refractivity contribution in [2.45, 2.75) is 6.92 Å². The number of aliphatic imine (C=N–C) groups is 1. The van der Waals surface area contributed by atoms with Gasteiger partial charge in [0.05, 0.1) is 0 Å². The second-order valence-corrected chi connectivity index (χ2v) is 2.18. The van der Waals surface area contributed by atoms with Crippen molar-refractivity contribution in [1.82, 2.24) is 16.2 Å². The highest BCUT2D eigenvalue weighted by molar-refractivity contribution is 5.80. The fourth-order valence-electron chi connectivity index (χ4n) is 0.684. The monoisotopic (exact) mass is 140 g/mol. The average molecular weight is 140 g/mol. The Kier molecular flexibility index (Phi) is 2.28. The minimum atomic E-state index is 0.771. The first-order valence-corrected chi connectivity index (χ1v) is 3.23. The van der Waals surface area contributed by atoms with Crippen LogP contribution in [0.2, 0.25) is 0 Å². The van der Waals surface area contributed by atoms with E-state index in [0.717, 1.165) is 12.5 Å². The van der Waals surface area contributed by atoms with Gasteiger partial charge in [-0.1, -0.05) is 0 Å². The highest BCUT2D eigenvalue weighted by atomic mass is 15.4. The molecule has 1 heterocycles. The van der Waals surface area contributed by atoms with Gasteiger partial charge in [-0.3, -0.25) is 5.43 Å². The third-order valence-corrected chi connectivity index (χ3v) is 1.19. The second-order valence-electron chi connectivity index (χ2n) is 2.18. The first-order valence-electron chi connectivity index (χ1n) is 3.23. The second kappa shape index (κ2) is 3.22. The van der Waals surface area contributed by atoms with E-state index in [1.54, 1.807) is 7.05 Å². The fraction of sp³-hybridized carbons (Fsp3) is 0.500. The van der Waals surface area contributed by atoms with Gasteiger partial charge in [0.15, 0.2) is 0 Å². The van der Waals surface area contributed by atoms with Crippen molar-refractivity contribution in [3.05, 3.63) is 11.8 Å². The summed E-state index contributed by atoms with van der Waals surface area (Å²) < 4.78 is 0. The quantitative estimate of drug-likeness (QED) is 0.433. The lowest BCUT2D eigenvalue weighted by atomic mass is 10.3. The maximum atomic E-state index is 4.07. The smallest absolute Gasteiger partial charge is 0.210 e. The number of nitrogens with one attached hydrogen (secondary N) is 3. The number of hydrazine groups is 1. The van der Waals surface area contributed by atoms with Crippen LogP contribution >= 0.6 is 0 Å². The minimum absolute atomic E-state index is 0.771. The molecule has 0 aromatic rings. The molecule has 56 valence electrons. The molecule has 1 aliphatic rings. The number of hydrogen-bond donors (Lipinski definition) is 3. The molecule has 0 aliphatic carbocycles. The zero-order valence-corrected chi connectivity index (χ0v) is 6.23. The molecule has 0 bridgehead atoms. The highest BCUT2D eigenvalue weighted by Crippen LogP contribution is 1.94. The number of rotatable bonds is 1. The predicted octanol–water partition coefficient (Wildman–Crippen LogP) is -0.427. The van der Waals surface area contributed by atoms with Crippen LogP contribution in [0.1, 0.15) is 6.92 Å². The molecule has 1 aliphatic heterocycles. The average Bonchev–Trinajstić information content (AvgIpc) is 1.95. The Hall–Kier alpha value is -1.03. The summed E-state index contributed by atoms with van der Waals surface area (Å²) in [5.74, 6) is 0.771. The molecule has 0 atom stereocenters. The predicted molar refractivity (Wildman–Crippen MR) is 41.4 cm³/mol. The van der Waals surface area contributed by atoms with Crippen molar-refractivity contribution >= 4 is 5.96 Å². The summed E-state index contributed by atoms with van der Waals surface area (Å²) in [7, 11) is 1.80. The Morgan fingerprint density at radius 3 is 3.00 bits per heavy atom. The molecule has 1 rings (SSSR count). The Morgan fingerprint density at radius 1 is 1.70 bits per heavy atom. The van der Waals surface area contributed by atoms with Crippen LogP contribution in [0.4, 0.5) is 0 Å². The summed E-state index contributed by atoms with van der Waals surface area (Å²) in [4.78, 5) is 4.07. The van der Waals surface area contributed by atoms with E-state index < -0.39 is 0 Å². The summed E-state index contributed by atoms with van der Waals surface area (Å²) in [5, 5.41) is 3.08. The lowest BCUT2D eigenvalue weighted by Gasteiger charge is -2.13. The van der Waals surface area contributed by atoms with Gasteiger partial charge in [-0.15, -0.1) is 0 Å². The van der Waals surface area contributed by atoms with E-state index in [0.29, 0.717) is 0 Å². The van der Waals surface area contributed by atoms with Crippen molar-refractivity contribution in [2.75, 3.05) is 13.6 Å². The van der Waals surface area contributed by atoms with Gasteiger partial charge in [-0.25, -0.2) is 10.4 Å². The third kappa shape index (κ3) is 1.73. The van der Waals surface area contributed by atoms with E-state index in [2.05, 4.69) is 21.2 Å². The van der Waals surface area contributed by atoms with Gasteiger partial charge in [0.2, 0.25) is 5.96 Å². The molecule has 4 heteroatoms. The van der Waals surface area contributed by atoms with E-state index in [9.17, 15) is 0 Å². The summed E-state index contributed by atoms with van der Waals surface area (Å²) in [5.41, 5.74) is 6.87. The number of nitrogens with zero attached hydrogens (tertiary/aromatic N) is 1. The zero-order valence-electron chi connectivity index (χ0n) is 6.23. The van der Waals surface area contributed by atoms with Crippen LogP contribution in [0.25, 0.3) is 0 Å². The molecule has 0 unspecified atom stereocenters. The van der Waals surface area contributed by atoms with Crippen molar-refractivity contribution < 1.29 is 0 Å². The molecule has 4 nitrogen and oxygen atoms in total. The van der Waals surface area contributed by atoms with E-state index in [4.69, 9.17) is 0 Å². The highest BCUT2D eigenvalue weighted by Gasteiger charge is 1.99. The summed E-state index contributed by atoms with van der Waals surface area (Å²) >= 11 is 0. The van der Waals surface area contributed by atoms with Crippen LogP contribution in [0.15, 0.2) is 16.8 Å². The number of hydrogen-bond acceptors (Lipinski definition) is 4. The first-order chi connectivity index (χ1) is 4.83.